The van der Waals surface area contributed by atoms with Crippen molar-refractivity contribution in [3.8, 4) is 0 Å². The molecule has 2 aromatic rings. The summed E-state index contributed by atoms with van der Waals surface area (Å²) in [5.41, 5.74) is 4.27. The first-order chi connectivity index (χ1) is 9.38. The fraction of sp³-hybridized carbons (Fsp3) is 0.533. The average molecular weight is 273 g/mol. The van der Waals surface area contributed by atoms with Crippen LogP contribution in [0.1, 0.15) is 12.8 Å². The van der Waals surface area contributed by atoms with Crippen molar-refractivity contribution in [1.29, 1.82) is 0 Å². The Morgan fingerprint density at radius 1 is 1.32 bits per heavy atom. The van der Waals surface area contributed by atoms with Crippen LogP contribution in [-0.4, -0.2) is 36.1 Å². The smallest absolute Gasteiger partial charge is 0.0813 e. The third kappa shape index (κ3) is 2.23. The largest absolute Gasteiger partial charge is 0.385 e. The van der Waals surface area contributed by atoms with E-state index in [0.29, 0.717) is 0 Å². The zero-order valence-electron chi connectivity index (χ0n) is 11.0. The first-order valence-corrected chi connectivity index (χ1v) is 8.06. The molecule has 0 saturated carbocycles. The summed E-state index contributed by atoms with van der Waals surface area (Å²) in [6.07, 6.45) is 2.81. The number of anilines is 1. The zero-order valence-corrected chi connectivity index (χ0v) is 11.8. The highest BCUT2D eigenvalue weighted by Gasteiger charge is 2.33. The lowest BCUT2D eigenvalue weighted by Crippen LogP contribution is -2.49. The number of nitrogens with one attached hydrogen (secondary N) is 1. The van der Waals surface area contributed by atoms with E-state index in [1.165, 1.54) is 42.9 Å². The molecule has 1 aromatic carbocycles. The summed E-state index contributed by atoms with van der Waals surface area (Å²) in [4.78, 5) is 6.95. The quantitative estimate of drug-likeness (QED) is 0.931. The van der Waals surface area contributed by atoms with Crippen LogP contribution in [0.2, 0.25) is 0 Å². The van der Waals surface area contributed by atoms with Crippen LogP contribution in [0.4, 0.5) is 5.69 Å². The van der Waals surface area contributed by atoms with E-state index in [1.54, 1.807) is 11.3 Å². The average Bonchev–Trinajstić information content (AvgIpc) is 2.94. The molecule has 3 nitrogen and oxygen atoms in total. The molecular formula is C15H19N3S. The molecule has 3 saturated heterocycles. The van der Waals surface area contributed by atoms with Crippen LogP contribution in [0.3, 0.4) is 0 Å². The Morgan fingerprint density at radius 2 is 2.21 bits per heavy atom. The minimum atomic E-state index is 0.833. The van der Waals surface area contributed by atoms with Crippen LogP contribution in [-0.2, 0) is 0 Å². The summed E-state index contributed by atoms with van der Waals surface area (Å²) >= 11 is 1.72. The van der Waals surface area contributed by atoms with Gasteiger partial charge in [0.15, 0.2) is 0 Å². The fourth-order valence-electron chi connectivity index (χ4n) is 3.53. The van der Waals surface area contributed by atoms with Gasteiger partial charge in [0.05, 0.1) is 15.7 Å². The number of piperidine rings is 3. The Morgan fingerprint density at radius 3 is 3.00 bits per heavy atom. The van der Waals surface area contributed by atoms with Gasteiger partial charge in [-0.05, 0) is 56.0 Å². The normalized spacial score (nSPS) is 29.8. The summed E-state index contributed by atoms with van der Waals surface area (Å²) in [6.45, 7) is 5.06. The summed E-state index contributed by atoms with van der Waals surface area (Å²) < 4.78 is 1.28. The molecule has 0 amide bonds. The number of rotatable bonds is 3. The van der Waals surface area contributed by atoms with Gasteiger partial charge in [-0.2, -0.15) is 0 Å². The van der Waals surface area contributed by atoms with Crippen molar-refractivity contribution in [2.45, 2.75) is 12.8 Å². The maximum absolute atomic E-state index is 4.32. The lowest BCUT2D eigenvalue weighted by Gasteiger charge is -2.45. The minimum Gasteiger partial charge on any atom is -0.385 e. The third-order valence-corrected chi connectivity index (χ3v) is 5.48. The Bertz CT molecular complexity index is 572. The molecule has 1 unspecified atom stereocenters. The van der Waals surface area contributed by atoms with Crippen LogP contribution in [0.15, 0.2) is 23.7 Å². The number of aromatic nitrogens is 1. The van der Waals surface area contributed by atoms with E-state index in [-0.39, 0.29) is 0 Å². The molecule has 100 valence electrons. The lowest BCUT2D eigenvalue weighted by molar-refractivity contribution is 0.0574. The summed E-state index contributed by atoms with van der Waals surface area (Å²) in [6, 6.07) is 6.50. The molecule has 0 aliphatic carbocycles. The minimum absolute atomic E-state index is 0.833. The molecule has 1 aromatic heterocycles. The van der Waals surface area contributed by atoms with Gasteiger partial charge in [-0.1, -0.05) is 0 Å². The Hall–Kier alpha value is -1.13. The molecule has 0 spiro atoms. The molecule has 5 rings (SSSR count). The van der Waals surface area contributed by atoms with E-state index in [0.717, 1.165) is 23.9 Å². The van der Waals surface area contributed by atoms with E-state index in [4.69, 9.17) is 0 Å². The van der Waals surface area contributed by atoms with Gasteiger partial charge in [0.1, 0.15) is 0 Å². The van der Waals surface area contributed by atoms with Gasteiger partial charge in [0.2, 0.25) is 0 Å². The Kier molecular flexibility index (Phi) is 2.93. The van der Waals surface area contributed by atoms with Gasteiger partial charge in [-0.3, -0.25) is 0 Å². The molecule has 3 aliphatic rings. The van der Waals surface area contributed by atoms with Crippen molar-refractivity contribution in [3.63, 3.8) is 0 Å². The van der Waals surface area contributed by atoms with Crippen molar-refractivity contribution < 1.29 is 0 Å². The molecule has 2 bridgehead atoms. The molecule has 1 N–H and O–H groups in total. The molecule has 0 radical (unpaired) electrons. The predicted molar refractivity (Wildman–Crippen MR) is 80.8 cm³/mol. The first-order valence-electron chi connectivity index (χ1n) is 7.18. The highest BCUT2D eigenvalue weighted by atomic mass is 32.1. The van der Waals surface area contributed by atoms with Crippen LogP contribution in [0, 0.1) is 11.8 Å². The topological polar surface area (TPSA) is 28.2 Å². The molecule has 4 heterocycles. The van der Waals surface area contributed by atoms with Crippen molar-refractivity contribution in [2.24, 2.45) is 11.8 Å². The molecule has 1 atom stereocenters. The number of thiazole rings is 1. The highest BCUT2D eigenvalue weighted by Crippen LogP contribution is 2.32. The molecule has 4 heteroatoms. The number of benzene rings is 1. The van der Waals surface area contributed by atoms with Gasteiger partial charge in [0.25, 0.3) is 0 Å². The SMILES string of the molecule is c1nc2ccc(NCC3CN4CCC3CC4)cc2s1. The van der Waals surface area contributed by atoms with Crippen molar-refractivity contribution >= 4 is 27.2 Å². The first kappa shape index (κ1) is 11.7. The van der Waals surface area contributed by atoms with E-state index < -0.39 is 0 Å². The maximum Gasteiger partial charge on any atom is 0.0813 e. The summed E-state index contributed by atoms with van der Waals surface area (Å²) in [5, 5.41) is 3.63. The summed E-state index contributed by atoms with van der Waals surface area (Å²) in [5.74, 6) is 1.78. The second-order valence-electron chi connectivity index (χ2n) is 5.81. The standard InChI is InChI=1S/C15H19N3S/c1-2-14-15(19-10-17-14)7-13(1)16-8-12-9-18-5-3-11(12)4-6-18/h1-2,7,10-12,16H,3-6,8-9H2. The van der Waals surface area contributed by atoms with E-state index in [1.807, 2.05) is 5.51 Å². The van der Waals surface area contributed by atoms with Crippen molar-refractivity contribution in [3.05, 3.63) is 23.7 Å². The van der Waals surface area contributed by atoms with Crippen LogP contribution in [0.25, 0.3) is 10.2 Å². The van der Waals surface area contributed by atoms with Gasteiger partial charge in [-0.15, -0.1) is 11.3 Å². The number of hydrogen-bond acceptors (Lipinski definition) is 4. The van der Waals surface area contributed by atoms with E-state index >= 15 is 0 Å². The Labute approximate surface area is 117 Å². The van der Waals surface area contributed by atoms with Gasteiger partial charge in [0, 0.05) is 18.8 Å². The van der Waals surface area contributed by atoms with Crippen molar-refractivity contribution in [1.82, 2.24) is 9.88 Å². The molecule has 19 heavy (non-hydrogen) atoms. The number of nitrogens with zero attached hydrogens (tertiary/aromatic N) is 2. The molecular weight excluding hydrogens is 254 g/mol. The van der Waals surface area contributed by atoms with Crippen LogP contribution < -0.4 is 5.32 Å². The highest BCUT2D eigenvalue weighted by molar-refractivity contribution is 7.16. The van der Waals surface area contributed by atoms with Crippen LogP contribution >= 0.6 is 11.3 Å². The van der Waals surface area contributed by atoms with E-state index in [2.05, 4.69) is 33.4 Å². The maximum atomic E-state index is 4.32. The number of fused-ring (bicyclic) bond motifs is 4. The van der Waals surface area contributed by atoms with Crippen LogP contribution in [0.5, 0.6) is 0 Å². The monoisotopic (exact) mass is 273 g/mol. The lowest BCUT2D eigenvalue weighted by atomic mass is 9.79. The van der Waals surface area contributed by atoms with Gasteiger partial charge >= 0.3 is 0 Å². The third-order valence-electron chi connectivity index (χ3n) is 4.69. The van der Waals surface area contributed by atoms with Crippen molar-refractivity contribution in [2.75, 3.05) is 31.5 Å². The fourth-order valence-corrected chi connectivity index (χ4v) is 4.25. The second kappa shape index (κ2) is 4.76. The second-order valence-corrected chi connectivity index (χ2v) is 6.70. The van der Waals surface area contributed by atoms with Gasteiger partial charge in [-0.25, -0.2) is 4.98 Å². The summed E-state index contributed by atoms with van der Waals surface area (Å²) in [7, 11) is 0. The zero-order chi connectivity index (χ0) is 12.7. The van der Waals surface area contributed by atoms with E-state index in [9.17, 15) is 0 Å². The molecule has 3 aliphatic heterocycles. The predicted octanol–water partition coefficient (Wildman–Crippen LogP) is 3.05. The van der Waals surface area contributed by atoms with Gasteiger partial charge < -0.3 is 10.2 Å². The number of hydrogen-bond donors (Lipinski definition) is 1. The molecule has 3 fully saturated rings. The Balaban J connectivity index is 1.44.